The van der Waals surface area contributed by atoms with Gasteiger partial charge in [-0.2, -0.15) is 4.72 Å². The number of amides is 3. The van der Waals surface area contributed by atoms with Gasteiger partial charge in [0.25, 0.3) is 10.0 Å². The lowest BCUT2D eigenvalue weighted by Gasteiger charge is -2.34. The third-order valence-corrected chi connectivity index (χ3v) is 11.0. The van der Waals surface area contributed by atoms with Crippen LogP contribution in [0.4, 0.5) is 0 Å². The van der Waals surface area contributed by atoms with Crippen molar-refractivity contribution in [3.05, 3.63) is 28.6 Å². The van der Waals surface area contributed by atoms with Crippen molar-refractivity contribution in [2.45, 2.75) is 48.9 Å². The molecule has 14 heteroatoms. The maximum atomic E-state index is 13.2. The van der Waals surface area contributed by atoms with Gasteiger partial charge in [-0.25, -0.2) is 8.42 Å². The van der Waals surface area contributed by atoms with Gasteiger partial charge in [-0.3, -0.25) is 14.4 Å². The molecule has 3 amide bonds. The summed E-state index contributed by atoms with van der Waals surface area (Å²) in [7, 11) is -3.92. The molecular weight excluding hydrogens is 572 g/mol. The Morgan fingerprint density at radius 1 is 1.11 bits per heavy atom. The van der Waals surface area contributed by atoms with E-state index in [9.17, 15) is 22.8 Å². The number of rotatable bonds is 11. The molecule has 2 saturated heterocycles. The van der Waals surface area contributed by atoms with Gasteiger partial charge in [0, 0.05) is 42.0 Å². The van der Waals surface area contributed by atoms with Crippen LogP contribution >= 0.6 is 34.3 Å². The van der Waals surface area contributed by atoms with Crippen LogP contribution in [0.2, 0.25) is 4.34 Å². The Bertz CT molecular complexity index is 1260. The van der Waals surface area contributed by atoms with Gasteiger partial charge in [-0.15, -0.1) is 22.7 Å². The smallest absolute Gasteiger partial charge is 0.250 e. The van der Waals surface area contributed by atoms with Crippen molar-refractivity contribution in [1.29, 1.82) is 0 Å². The Morgan fingerprint density at radius 2 is 1.84 bits per heavy atom. The molecule has 2 unspecified atom stereocenters. The summed E-state index contributed by atoms with van der Waals surface area (Å²) in [5, 5.41) is 2.80. The molecule has 2 aliphatic rings. The number of hydrogen-bond donors (Lipinski definition) is 2. The summed E-state index contributed by atoms with van der Waals surface area (Å²) in [5.41, 5.74) is 0. The largest absolute Gasteiger partial charge is 0.372 e. The van der Waals surface area contributed by atoms with Crippen LogP contribution in [0, 0.1) is 0 Å². The van der Waals surface area contributed by atoms with Gasteiger partial charge in [0.05, 0.1) is 10.9 Å². The minimum Gasteiger partial charge on any atom is -0.372 e. The fourth-order valence-electron chi connectivity index (χ4n) is 4.60. The summed E-state index contributed by atoms with van der Waals surface area (Å²) in [6.45, 7) is 3.38. The first kappa shape index (κ1) is 29.0. The Balaban J connectivity index is 1.34. The number of nitrogens with zero attached hydrogens (tertiary/aromatic N) is 2. The topological polar surface area (TPSA) is 125 Å². The quantitative estimate of drug-likeness (QED) is 0.407. The molecule has 2 aliphatic heterocycles. The lowest BCUT2D eigenvalue weighted by atomic mass is 10.1. The van der Waals surface area contributed by atoms with E-state index in [4.69, 9.17) is 16.3 Å². The molecule has 2 aromatic rings. The second-order valence-corrected chi connectivity index (χ2v) is 13.9. The van der Waals surface area contributed by atoms with Gasteiger partial charge in [-0.1, -0.05) is 11.6 Å². The van der Waals surface area contributed by atoms with Gasteiger partial charge in [0.15, 0.2) is 0 Å². The minimum atomic E-state index is -3.92. The fourth-order valence-corrected chi connectivity index (χ4v) is 8.28. The van der Waals surface area contributed by atoms with Crippen LogP contribution in [0.15, 0.2) is 28.5 Å². The molecule has 0 radical (unpaired) electrons. The van der Waals surface area contributed by atoms with E-state index in [0.29, 0.717) is 43.4 Å². The van der Waals surface area contributed by atoms with E-state index < -0.39 is 22.0 Å². The number of halogens is 1. The van der Waals surface area contributed by atoms with Crippen molar-refractivity contribution in [2.24, 2.45) is 0 Å². The number of hydrogen-bond acceptors (Lipinski definition) is 8. The molecule has 2 N–H and O–H groups in total. The standard InChI is InChI=1S/C24H31ClN4O6S3/c1-2-35-15-21(30)26-13-16-5-3-12-29(16)22(31)14-28-11-4-6-17(24(28)32)27-38(33,34)23-10-8-19(37-23)18-7-9-20(25)36-18/h7-10,16-17,27H,2-6,11-15H2,1H3,(H,26,30). The second-order valence-electron chi connectivity index (χ2n) is 9.12. The Kier molecular flexibility index (Phi) is 9.82. The number of nitrogens with one attached hydrogen (secondary N) is 2. The molecule has 0 aromatic carbocycles. The van der Waals surface area contributed by atoms with E-state index in [0.717, 1.165) is 33.9 Å². The molecule has 38 heavy (non-hydrogen) atoms. The molecule has 2 atom stereocenters. The number of ether oxygens (including phenoxy) is 1. The van der Waals surface area contributed by atoms with Gasteiger partial charge >= 0.3 is 0 Å². The predicted octanol–water partition coefficient (Wildman–Crippen LogP) is 2.54. The van der Waals surface area contributed by atoms with E-state index in [-0.39, 0.29) is 35.2 Å². The molecule has 10 nitrogen and oxygen atoms in total. The summed E-state index contributed by atoms with van der Waals surface area (Å²) in [6.07, 6.45) is 2.51. The van der Waals surface area contributed by atoms with E-state index >= 15 is 0 Å². The summed E-state index contributed by atoms with van der Waals surface area (Å²) < 4.78 is 34.5. The molecule has 4 heterocycles. The Labute approximate surface area is 235 Å². The number of carbonyl (C=O) groups excluding carboxylic acids is 3. The zero-order chi connectivity index (χ0) is 27.3. The van der Waals surface area contributed by atoms with Crippen LogP contribution < -0.4 is 10.0 Å². The molecule has 0 spiro atoms. The average Bonchev–Trinajstić information content (AvgIpc) is 3.64. The van der Waals surface area contributed by atoms with Crippen molar-refractivity contribution < 1.29 is 27.5 Å². The average molecular weight is 603 g/mol. The van der Waals surface area contributed by atoms with Crippen LogP contribution in [0.1, 0.15) is 32.6 Å². The van der Waals surface area contributed by atoms with Crippen molar-refractivity contribution in [3.63, 3.8) is 0 Å². The lowest BCUT2D eigenvalue weighted by molar-refractivity contribution is -0.143. The summed E-state index contributed by atoms with van der Waals surface area (Å²) in [6, 6.07) is 5.75. The molecule has 208 valence electrons. The van der Waals surface area contributed by atoms with E-state index in [1.165, 1.54) is 22.3 Å². The highest BCUT2D eigenvalue weighted by Gasteiger charge is 2.36. The summed E-state index contributed by atoms with van der Waals surface area (Å²) >= 11 is 8.47. The second kappa shape index (κ2) is 12.9. The first-order chi connectivity index (χ1) is 18.2. The highest BCUT2D eigenvalue weighted by atomic mass is 35.5. The maximum absolute atomic E-state index is 13.2. The molecule has 0 bridgehead atoms. The lowest BCUT2D eigenvalue weighted by Crippen LogP contribution is -2.55. The highest BCUT2D eigenvalue weighted by Crippen LogP contribution is 2.37. The van der Waals surface area contributed by atoms with Gasteiger partial charge in [-0.05, 0) is 56.9 Å². The Hall–Kier alpha value is -2.03. The van der Waals surface area contributed by atoms with Crippen molar-refractivity contribution >= 4 is 62.0 Å². The Morgan fingerprint density at radius 3 is 2.58 bits per heavy atom. The van der Waals surface area contributed by atoms with Crippen LogP contribution in [0.25, 0.3) is 9.75 Å². The molecule has 4 rings (SSSR count). The van der Waals surface area contributed by atoms with Crippen molar-refractivity contribution in [3.8, 4) is 9.75 Å². The number of carbonyl (C=O) groups is 3. The molecule has 2 aromatic heterocycles. The zero-order valence-corrected chi connectivity index (χ0v) is 24.2. The van der Waals surface area contributed by atoms with Crippen LogP contribution in [0.3, 0.4) is 0 Å². The van der Waals surface area contributed by atoms with Crippen LogP contribution in [0.5, 0.6) is 0 Å². The minimum absolute atomic E-state index is 0.0219. The summed E-state index contributed by atoms with van der Waals surface area (Å²) in [4.78, 5) is 42.9. The van der Waals surface area contributed by atoms with E-state index in [1.54, 1.807) is 17.0 Å². The normalized spacial score (nSPS) is 20.2. The van der Waals surface area contributed by atoms with E-state index in [2.05, 4.69) is 10.0 Å². The maximum Gasteiger partial charge on any atom is 0.250 e. The monoisotopic (exact) mass is 602 g/mol. The SMILES string of the molecule is CCOCC(=O)NCC1CCCN1C(=O)CN1CCCC(NS(=O)(=O)c2ccc(-c3ccc(Cl)s3)s2)C1=O. The molecule has 0 saturated carbocycles. The van der Waals surface area contributed by atoms with Crippen LogP contribution in [-0.4, -0.2) is 87.4 Å². The summed E-state index contributed by atoms with van der Waals surface area (Å²) in [5.74, 6) is -0.846. The van der Waals surface area contributed by atoms with Crippen molar-refractivity contribution in [1.82, 2.24) is 19.8 Å². The van der Waals surface area contributed by atoms with Crippen molar-refractivity contribution in [2.75, 3.05) is 39.4 Å². The fraction of sp³-hybridized carbons (Fsp3) is 0.542. The number of piperidine rings is 1. The number of likely N-dealkylation sites (tertiary alicyclic amines) is 2. The third kappa shape index (κ3) is 7.13. The molecule has 0 aliphatic carbocycles. The predicted molar refractivity (Wildman–Crippen MR) is 147 cm³/mol. The highest BCUT2D eigenvalue weighted by molar-refractivity contribution is 7.91. The zero-order valence-electron chi connectivity index (χ0n) is 21.0. The van der Waals surface area contributed by atoms with Gasteiger partial charge < -0.3 is 19.9 Å². The van der Waals surface area contributed by atoms with Gasteiger partial charge in [0.2, 0.25) is 17.7 Å². The molecule has 2 fully saturated rings. The first-order valence-corrected chi connectivity index (χ1v) is 16.0. The number of thiophene rings is 2. The van der Waals surface area contributed by atoms with Crippen LogP contribution in [-0.2, 0) is 29.1 Å². The molecular formula is C24H31ClN4O6S3. The first-order valence-electron chi connectivity index (χ1n) is 12.5. The van der Waals surface area contributed by atoms with Gasteiger partial charge in [0.1, 0.15) is 16.9 Å². The third-order valence-electron chi connectivity index (χ3n) is 6.49. The van der Waals surface area contributed by atoms with E-state index in [1.807, 2.05) is 13.0 Å². The number of sulfonamides is 1.